The van der Waals surface area contributed by atoms with Crippen molar-refractivity contribution in [2.75, 3.05) is 24.6 Å². The standard InChI is InChI=1S/C15H24N2O3/c1-11(2)19-13-6-5-7-16-14(13)17-8-12(9-18)20-15(3,4)10-17/h5-7,11-12,18H,8-10H2,1-4H3. The van der Waals surface area contributed by atoms with Crippen LogP contribution in [0.2, 0.25) is 0 Å². The average Bonchev–Trinajstić information content (AvgIpc) is 2.36. The Morgan fingerprint density at radius 1 is 1.55 bits per heavy atom. The van der Waals surface area contributed by atoms with E-state index in [1.165, 1.54) is 0 Å². The van der Waals surface area contributed by atoms with Crippen molar-refractivity contribution in [1.29, 1.82) is 0 Å². The molecule has 0 bridgehead atoms. The van der Waals surface area contributed by atoms with Crippen molar-refractivity contribution >= 4 is 5.82 Å². The van der Waals surface area contributed by atoms with Crippen molar-refractivity contribution in [1.82, 2.24) is 4.98 Å². The maximum absolute atomic E-state index is 9.40. The molecule has 1 unspecified atom stereocenters. The molecule has 0 saturated carbocycles. The lowest BCUT2D eigenvalue weighted by Crippen LogP contribution is -2.54. The van der Waals surface area contributed by atoms with Crippen LogP contribution in [0, 0.1) is 0 Å². The summed E-state index contributed by atoms with van der Waals surface area (Å²) in [5.74, 6) is 1.59. The average molecular weight is 280 g/mol. The molecule has 0 radical (unpaired) electrons. The predicted molar refractivity (Wildman–Crippen MR) is 78.3 cm³/mol. The zero-order valence-corrected chi connectivity index (χ0v) is 12.7. The van der Waals surface area contributed by atoms with Gasteiger partial charge in [0.15, 0.2) is 11.6 Å². The zero-order valence-electron chi connectivity index (χ0n) is 12.7. The molecule has 1 N–H and O–H groups in total. The van der Waals surface area contributed by atoms with Gasteiger partial charge in [0.1, 0.15) is 0 Å². The van der Waals surface area contributed by atoms with E-state index < -0.39 is 0 Å². The lowest BCUT2D eigenvalue weighted by Gasteiger charge is -2.43. The van der Waals surface area contributed by atoms with Crippen LogP contribution in [0.1, 0.15) is 27.7 Å². The summed E-state index contributed by atoms with van der Waals surface area (Å²) >= 11 is 0. The Balaban J connectivity index is 2.25. The fourth-order valence-electron chi connectivity index (χ4n) is 2.52. The predicted octanol–water partition coefficient (Wildman–Crippen LogP) is 1.84. The number of anilines is 1. The van der Waals surface area contributed by atoms with E-state index in [0.29, 0.717) is 6.54 Å². The Kier molecular flexibility index (Phi) is 4.50. The van der Waals surface area contributed by atoms with Crippen LogP contribution in [0.15, 0.2) is 18.3 Å². The molecule has 2 heterocycles. The summed E-state index contributed by atoms with van der Waals surface area (Å²) in [4.78, 5) is 6.58. The van der Waals surface area contributed by atoms with Crippen molar-refractivity contribution < 1.29 is 14.6 Å². The monoisotopic (exact) mass is 280 g/mol. The third kappa shape index (κ3) is 3.61. The van der Waals surface area contributed by atoms with Gasteiger partial charge in [-0.2, -0.15) is 0 Å². The van der Waals surface area contributed by atoms with Gasteiger partial charge in [0.05, 0.1) is 24.4 Å². The number of pyridine rings is 1. The second-order valence-corrected chi connectivity index (χ2v) is 6.05. The molecule has 1 aromatic rings. The summed E-state index contributed by atoms with van der Waals surface area (Å²) in [5.41, 5.74) is -0.321. The van der Waals surface area contributed by atoms with Crippen LogP contribution in [0.4, 0.5) is 5.82 Å². The molecule has 1 saturated heterocycles. The Labute approximate surface area is 120 Å². The second-order valence-electron chi connectivity index (χ2n) is 6.05. The highest BCUT2D eigenvalue weighted by atomic mass is 16.5. The molecule has 0 aromatic carbocycles. The van der Waals surface area contributed by atoms with Crippen molar-refractivity contribution in [3.63, 3.8) is 0 Å². The molecule has 1 aliphatic heterocycles. The summed E-state index contributed by atoms with van der Waals surface area (Å²) in [6.07, 6.45) is 1.66. The SMILES string of the molecule is CC(C)Oc1cccnc1N1CC(CO)OC(C)(C)C1. The number of ether oxygens (including phenoxy) is 2. The highest BCUT2D eigenvalue weighted by Crippen LogP contribution is 2.31. The van der Waals surface area contributed by atoms with Gasteiger partial charge in [0.25, 0.3) is 0 Å². The number of aliphatic hydroxyl groups is 1. The molecule has 1 atom stereocenters. The maximum Gasteiger partial charge on any atom is 0.171 e. The summed E-state index contributed by atoms with van der Waals surface area (Å²) in [5, 5.41) is 9.40. The quantitative estimate of drug-likeness (QED) is 0.912. The minimum absolute atomic E-state index is 0.00708. The molecule has 5 heteroatoms. The van der Waals surface area contributed by atoms with E-state index in [9.17, 15) is 5.11 Å². The van der Waals surface area contributed by atoms with E-state index >= 15 is 0 Å². The van der Waals surface area contributed by atoms with Crippen LogP contribution in [0.3, 0.4) is 0 Å². The van der Waals surface area contributed by atoms with Gasteiger partial charge >= 0.3 is 0 Å². The number of hydrogen-bond donors (Lipinski definition) is 1. The van der Waals surface area contributed by atoms with Crippen molar-refractivity contribution in [3.05, 3.63) is 18.3 Å². The molecule has 1 fully saturated rings. The number of morpholine rings is 1. The molecule has 0 aliphatic carbocycles. The summed E-state index contributed by atoms with van der Waals surface area (Å²) in [6, 6.07) is 3.80. The molecule has 20 heavy (non-hydrogen) atoms. The molecular formula is C15H24N2O3. The first-order chi connectivity index (χ1) is 9.41. The van der Waals surface area contributed by atoms with E-state index in [1.807, 2.05) is 39.8 Å². The molecule has 0 amide bonds. The summed E-state index contributed by atoms with van der Waals surface area (Å²) in [6.45, 7) is 9.38. The van der Waals surface area contributed by atoms with Gasteiger partial charge < -0.3 is 19.5 Å². The molecular weight excluding hydrogens is 256 g/mol. The highest BCUT2D eigenvalue weighted by Gasteiger charge is 2.34. The molecule has 0 spiro atoms. The van der Waals surface area contributed by atoms with Gasteiger partial charge in [0.2, 0.25) is 0 Å². The number of rotatable bonds is 4. The van der Waals surface area contributed by atoms with E-state index in [0.717, 1.165) is 18.1 Å². The van der Waals surface area contributed by atoms with Gasteiger partial charge in [-0.15, -0.1) is 0 Å². The fraction of sp³-hybridized carbons (Fsp3) is 0.667. The van der Waals surface area contributed by atoms with E-state index in [1.54, 1.807) is 6.20 Å². The van der Waals surface area contributed by atoms with Crippen molar-refractivity contribution in [3.8, 4) is 5.75 Å². The zero-order chi connectivity index (χ0) is 14.8. The summed E-state index contributed by atoms with van der Waals surface area (Å²) in [7, 11) is 0. The van der Waals surface area contributed by atoms with Crippen molar-refractivity contribution in [2.45, 2.75) is 45.5 Å². The van der Waals surface area contributed by atoms with Crippen LogP contribution in [-0.2, 0) is 4.74 Å². The number of aliphatic hydroxyl groups excluding tert-OH is 1. The topological polar surface area (TPSA) is 54.8 Å². The van der Waals surface area contributed by atoms with Crippen LogP contribution in [0.25, 0.3) is 0 Å². The van der Waals surface area contributed by atoms with Crippen LogP contribution >= 0.6 is 0 Å². The van der Waals surface area contributed by atoms with Crippen LogP contribution in [0.5, 0.6) is 5.75 Å². The fourth-order valence-corrected chi connectivity index (χ4v) is 2.52. The van der Waals surface area contributed by atoms with Gasteiger partial charge in [-0.05, 0) is 39.8 Å². The van der Waals surface area contributed by atoms with Crippen LogP contribution < -0.4 is 9.64 Å². The highest BCUT2D eigenvalue weighted by molar-refractivity contribution is 5.53. The normalized spacial score (nSPS) is 22.1. The lowest BCUT2D eigenvalue weighted by atomic mass is 10.1. The second kappa shape index (κ2) is 5.97. The van der Waals surface area contributed by atoms with Crippen molar-refractivity contribution in [2.24, 2.45) is 0 Å². The van der Waals surface area contributed by atoms with E-state index in [2.05, 4.69) is 9.88 Å². The minimum atomic E-state index is -0.321. The number of aromatic nitrogens is 1. The Hall–Kier alpha value is -1.33. The largest absolute Gasteiger partial charge is 0.487 e. The minimum Gasteiger partial charge on any atom is -0.487 e. The number of hydrogen-bond acceptors (Lipinski definition) is 5. The smallest absolute Gasteiger partial charge is 0.171 e. The third-order valence-corrected chi connectivity index (χ3v) is 3.10. The van der Waals surface area contributed by atoms with E-state index in [4.69, 9.17) is 9.47 Å². The maximum atomic E-state index is 9.40. The Morgan fingerprint density at radius 2 is 2.30 bits per heavy atom. The lowest BCUT2D eigenvalue weighted by molar-refractivity contribution is -0.101. The van der Waals surface area contributed by atoms with Crippen LogP contribution in [-0.4, -0.2) is 47.6 Å². The first-order valence-corrected chi connectivity index (χ1v) is 7.06. The first-order valence-electron chi connectivity index (χ1n) is 7.06. The van der Waals surface area contributed by atoms with Gasteiger partial charge in [-0.1, -0.05) is 0 Å². The summed E-state index contributed by atoms with van der Waals surface area (Å²) < 4.78 is 11.7. The Bertz CT molecular complexity index is 448. The number of nitrogens with zero attached hydrogens (tertiary/aromatic N) is 2. The third-order valence-electron chi connectivity index (χ3n) is 3.10. The molecule has 2 rings (SSSR count). The van der Waals surface area contributed by atoms with Gasteiger partial charge in [-0.3, -0.25) is 0 Å². The molecule has 1 aliphatic rings. The van der Waals surface area contributed by atoms with Gasteiger partial charge in [-0.25, -0.2) is 4.98 Å². The molecule has 1 aromatic heterocycles. The first kappa shape index (κ1) is 15.1. The van der Waals surface area contributed by atoms with Gasteiger partial charge in [0, 0.05) is 19.3 Å². The molecule has 112 valence electrons. The molecule has 5 nitrogen and oxygen atoms in total. The Morgan fingerprint density at radius 3 is 2.95 bits per heavy atom. The van der Waals surface area contributed by atoms with E-state index in [-0.39, 0.29) is 24.4 Å².